The highest BCUT2D eigenvalue weighted by molar-refractivity contribution is 6.31. The van der Waals surface area contributed by atoms with Crippen LogP contribution in [0, 0.1) is 13.8 Å². The first-order valence-electron chi connectivity index (χ1n) is 9.62. The molecule has 0 aliphatic rings. The molecule has 1 N–H and O–H groups in total. The van der Waals surface area contributed by atoms with Gasteiger partial charge in [0.05, 0.1) is 45.3 Å². The summed E-state index contributed by atoms with van der Waals surface area (Å²) >= 11 is 6.20. The van der Waals surface area contributed by atoms with Crippen molar-refractivity contribution in [1.29, 1.82) is 0 Å². The fraction of sp³-hybridized carbons (Fsp3) is 0.227. The molecule has 0 aliphatic heterocycles. The Kier molecular flexibility index (Phi) is 5.46. The molecule has 4 aromatic rings. The predicted octanol–water partition coefficient (Wildman–Crippen LogP) is 4.03. The predicted molar refractivity (Wildman–Crippen MR) is 116 cm³/mol. The zero-order valence-electron chi connectivity index (χ0n) is 16.7. The second kappa shape index (κ2) is 8.20. The van der Waals surface area contributed by atoms with Gasteiger partial charge >= 0.3 is 11.7 Å². The molecule has 0 saturated heterocycles. The fourth-order valence-electron chi connectivity index (χ4n) is 3.41. The highest BCUT2D eigenvalue weighted by atomic mass is 35.5. The number of nitrogens with zero attached hydrogens (tertiary/aromatic N) is 3. The molecule has 0 saturated carbocycles. The number of halogens is 1. The molecule has 0 bridgehead atoms. The lowest BCUT2D eigenvalue weighted by Crippen LogP contribution is -2.18. The minimum atomic E-state index is -0.403. The van der Waals surface area contributed by atoms with Gasteiger partial charge in [-0.15, -0.1) is 0 Å². The summed E-state index contributed by atoms with van der Waals surface area (Å²) in [7, 11) is 0. The molecule has 0 aliphatic carbocycles. The zero-order valence-corrected chi connectivity index (χ0v) is 17.4. The highest BCUT2D eigenvalue weighted by Gasteiger charge is 2.12. The molecule has 7 nitrogen and oxygen atoms in total. The van der Waals surface area contributed by atoms with Crippen molar-refractivity contribution >= 4 is 28.6 Å². The van der Waals surface area contributed by atoms with Gasteiger partial charge in [-0.3, -0.25) is 4.57 Å². The van der Waals surface area contributed by atoms with Crippen molar-refractivity contribution in [3.63, 3.8) is 0 Å². The van der Waals surface area contributed by atoms with Gasteiger partial charge in [0.2, 0.25) is 0 Å². The molecular weight excluding hydrogens is 404 g/mol. The molecule has 2 heterocycles. The number of aryl methyl sites for hydroxylation is 2. The first-order valence-corrected chi connectivity index (χ1v) is 10.0. The molecule has 0 fully saturated rings. The molecule has 2 aromatic heterocycles. The summed E-state index contributed by atoms with van der Waals surface area (Å²) in [5.74, 6) is -0.403. The average Bonchev–Trinajstić information content (AvgIpc) is 3.21. The van der Waals surface area contributed by atoms with E-state index in [0.29, 0.717) is 23.6 Å². The van der Waals surface area contributed by atoms with Crippen molar-refractivity contribution in [2.45, 2.75) is 26.8 Å². The van der Waals surface area contributed by atoms with Gasteiger partial charge in [0.25, 0.3) is 0 Å². The van der Waals surface area contributed by atoms with E-state index < -0.39 is 5.97 Å². The molecule has 0 spiro atoms. The van der Waals surface area contributed by atoms with E-state index in [1.54, 1.807) is 33.5 Å². The Morgan fingerprint density at radius 3 is 2.57 bits per heavy atom. The van der Waals surface area contributed by atoms with Gasteiger partial charge in [-0.2, -0.15) is 5.10 Å². The number of hydrogen-bond acceptors (Lipinski definition) is 4. The van der Waals surface area contributed by atoms with E-state index >= 15 is 0 Å². The Bertz CT molecular complexity index is 1270. The highest BCUT2D eigenvalue weighted by Crippen LogP contribution is 2.22. The number of para-hydroxylation sites is 2. The maximum Gasteiger partial charge on any atom is 0.338 e. The van der Waals surface area contributed by atoms with Crippen LogP contribution in [0.2, 0.25) is 5.02 Å². The van der Waals surface area contributed by atoms with Crippen LogP contribution in [-0.2, 0) is 11.3 Å². The number of fused-ring (bicyclic) bond motifs is 1. The maximum absolute atomic E-state index is 12.3. The number of rotatable bonds is 6. The van der Waals surface area contributed by atoms with Crippen LogP contribution in [0.1, 0.15) is 28.2 Å². The first kappa shape index (κ1) is 20.0. The Balaban J connectivity index is 1.35. The quantitative estimate of drug-likeness (QED) is 0.374. The lowest BCUT2D eigenvalue weighted by molar-refractivity contribution is 0.0496. The molecule has 30 heavy (non-hydrogen) atoms. The molecule has 0 atom stereocenters. The summed E-state index contributed by atoms with van der Waals surface area (Å²) < 4.78 is 8.75. The smallest absolute Gasteiger partial charge is 0.338 e. The monoisotopic (exact) mass is 424 g/mol. The summed E-state index contributed by atoms with van der Waals surface area (Å²) in [5.41, 5.74) is 4.34. The minimum Gasteiger partial charge on any atom is -0.462 e. The molecule has 4 rings (SSSR count). The number of benzene rings is 2. The third kappa shape index (κ3) is 3.76. The number of aromatic amines is 1. The minimum absolute atomic E-state index is 0.164. The van der Waals surface area contributed by atoms with Crippen molar-refractivity contribution in [3.05, 3.63) is 81.0 Å². The van der Waals surface area contributed by atoms with Crippen molar-refractivity contribution in [3.8, 4) is 5.69 Å². The molecule has 2 aromatic carbocycles. The molecule has 8 heteroatoms. The van der Waals surface area contributed by atoms with E-state index in [1.165, 1.54) is 0 Å². The first-order chi connectivity index (χ1) is 14.5. The van der Waals surface area contributed by atoms with Crippen LogP contribution in [0.3, 0.4) is 0 Å². The fourth-order valence-corrected chi connectivity index (χ4v) is 3.53. The average molecular weight is 425 g/mol. The van der Waals surface area contributed by atoms with E-state index in [2.05, 4.69) is 10.1 Å². The van der Waals surface area contributed by atoms with Crippen molar-refractivity contribution in [2.24, 2.45) is 0 Å². The lowest BCUT2D eigenvalue weighted by atomic mass is 10.2. The number of ether oxygens (including phenoxy) is 1. The number of carbonyl (C=O) groups is 1. The maximum atomic E-state index is 12.3. The van der Waals surface area contributed by atoms with Gasteiger partial charge in [-0.05, 0) is 56.7 Å². The van der Waals surface area contributed by atoms with Gasteiger partial charge in [0.15, 0.2) is 0 Å². The van der Waals surface area contributed by atoms with Gasteiger partial charge in [0, 0.05) is 6.54 Å². The summed E-state index contributed by atoms with van der Waals surface area (Å²) in [4.78, 5) is 27.2. The van der Waals surface area contributed by atoms with Crippen LogP contribution >= 0.6 is 11.6 Å². The van der Waals surface area contributed by atoms with Crippen molar-refractivity contribution in [2.75, 3.05) is 6.61 Å². The number of hydrogen-bond donors (Lipinski definition) is 1. The summed E-state index contributed by atoms with van der Waals surface area (Å²) in [5, 5.41) is 5.04. The second-order valence-electron chi connectivity index (χ2n) is 7.03. The summed E-state index contributed by atoms with van der Waals surface area (Å²) in [6, 6.07) is 14.5. The SMILES string of the molecule is Cc1nn(-c2ccc(C(=O)OCCCn3c(=O)[nH]c4ccccc43)cc2)c(C)c1Cl. The van der Waals surface area contributed by atoms with Gasteiger partial charge in [-0.1, -0.05) is 23.7 Å². The molecule has 0 unspecified atom stereocenters. The van der Waals surface area contributed by atoms with Crippen LogP contribution < -0.4 is 5.69 Å². The van der Waals surface area contributed by atoms with Crippen LogP contribution in [0.4, 0.5) is 0 Å². The van der Waals surface area contributed by atoms with Crippen molar-refractivity contribution in [1.82, 2.24) is 19.3 Å². The Morgan fingerprint density at radius 2 is 1.87 bits per heavy atom. The van der Waals surface area contributed by atoms with E-state index in [1.807, 2.05) is 38.1 Å². The number of imidazole rings is 1. The third-order valence-corrected chi connectivity index (χ3v) is 5.54. The Morgan fingerprint density at radius 1 is 1.13 bits per heavy atom. The number of carbonyl (C=O) groups excluding carboxylic acids is 1. The zero-order chi connectivity index (χ0) is 21.3. The number of H-pyrrole nitrogens is 1. The second-order valence-corrected chi connectivity index (χ2v) is 7.41. The van der Waals surface area contributed by atoms with E-state index in [-0.39, 0.29) is 12.3 Å². The Hall–Kier alpha value is -3.32. The van der Waals surface area contributed by atoms with Crippen molar-refractivity contribution < 1.29 is 9.53 Å². The van der Waals surface area contributed by atoms with Crippen LogP contribution in [0.25, 0.3) is 16.7 Å². The van der Waals surface area contributed by atoms with Gasteiger partial charge in [-0.25, -0.2) is 14.3 Å². The number of esters is 1. The molecule has 0 amide bonds. The largest absolute Gasteiger partial charge is 0.462 e. The van der Waals surface area contributed by atoms with Crippen LogP contribution in [-0.4, -0.2) is 31.9 Å². The topological polar surface area (TPSA) is 81.9 Å². The van der Waals surface area contributed by atoms with Crippen LogP contribution in [0.5, 0.6) is 0 Å². The summed E-state index contributed by atoms with van der Waals surface area (Å²) in [6.07, 6.45) is 0.538. The Labute approximate surface area is 177 Å². The number of nitrogens with one attached hydrogen (secondary N) is 1. The molecular formula is C22H21ClN4O3. The normalized spacial score (nSPS) is 11.2. The van der Waals surface area contributed by atoms with Gasteiger partial charge < -0.3 is 9.72 Å². The van der Waals surface area contributed by atoms with E-state index in [4.69, 9.17) is 16.3 Å². The molecule has 154 valence electrons. The summed E-state index contributed by atoms with van der Waals surface area (Å²) in [6.45, 7) is 4.43. The number of aromatic nitrogens is 4. The van der Waals surface area contributed by atoms with E-state index in [9.17, 15) is 9.59 Å². The third-order valence-electron chi connectivity index (χ3n) is 4.99. The lowest BCUT2D eigenvalue weighted by Gasteiger charge is -2.08. The van der Waals surface area contributed by atoms with E-state index in [0.717, 1.165) is 28.1 Å². The molecule has 0 radical (unpaired) electrons. The van der Waals surface area contributed by atoms with Gasteiger partial charge in [0.1, 0.15) is 0 Å². The standard InChI is InChI=1S/C22H21ClN4O3/c1-14-20(23)15(2)27(25-14)17-10-8-16(9-11-17)21(28)30-13-5-12-26-19-7-4-3-6-18(19)24-22(26)29/h3-4,6-11H,5,12-13H2,1-2H3,(H,24,29). The van der Waals surface area contributed by atoms with Crippen LogP contribution in [0.15, 0.2) is 53.3 Å².